The van der Waals surface area contributed by atoms with E-state index in [-0.39, 0.29) is 0 Å². The Morgan fingerprint density at radius 3 is 3.00 bits per heavy atom. The van der Waals surface area contributed by atoms with Gasteiger partial charge in [0.05, 0.1) is 12.7 Å². The van der Waals surface area contributed by atoms with Gasteiger partial charge in [0.15, 0.2) is 0 Å². The second-order valence-corrected chi connectivity index (χ2v) is 5.61. The second kappa shape index (κ2) is 8.28. The maximum Gasteiger partial charge on any atom is 0.0945 e. The molecular weight excluding hydrogens is 250 g/mol. The number of aliphatic hydroxyl groups excluding tert-OH is 1. The summed E-state index contributed by atoms with van der Waals surface area (Å²) in [6, 6.07) is 6.45. The third kappa shape index (κ3) is 4.50. The lowest BCUT2D eigenvalue weighted by atomic mass is 9.90. The lowest BCUT2D eigenvalue weighted by molar-refractivity contribution is 0.0421. The van der Waals surface area contributed by atoms with Crippen LogP contribution < -0.4 is 5.32 Å². The number of aliphatic hydroxyl groups is 1. The number of aryl methyl sites for hydroxylation is 1. The van der Waals surface area contributed by atoms with Crippen molar-refractivity contribution in [2.45, 2.75) is 51.6 Å². The number of hydrogen-bond acceptors (Lipinski definition) is 3. The maximum atomic E-state index is 9.93. The van der Waals surface area contributed by atoms with Crippen molar-refractivity contribution >= 4 is 5.69 Å². The molecule has 3 nitrogen and oxygen atoms in total. The maximum absolute atomic E-state index is 9.93. The van der Waals surface area contributed by atoms with Crippen molar-refractivity contribution < 1.29 is 9.84 Å². The number of anilines is 1. The first-order valence-corrected chi connectivity index (χ1v) is 7.91. The topological polar surface area (TPSA) is 41.5 Å². The van der Waals surface area contributed by atoms with Gasteiger partial charge in [0.1, 0.15) is 0 Å². The smallest absolute Gasteiger partial charge is 0.0945 e. The number of ether oxygens (including phenoxy) is 1. The fourth-order valence-corrected chi connectivity index (χ4v) is 2.70. The summed E-state index contributed by atoms with van der Waals surface area (Å²) in [6.45, 7) is 3.86. The summed E-state index contributed by atoms with van der Waals surface area (Å²) in [7, 11) is 0. The van der Waals surface area contributed by atoms with Gasteiger partial charge in [-0.25, -0.2) is 0 Å². The Kier molecular flexibility index (Phi) is 6.34. The van der Waals surface area contributed by atoms with Gasteiger partial charge in [-0.1, -0.05) is 25.5 Å². The molecule has 0 heterocycles. The molecule has 0 bridgehead atoms. The Morgan fingerprint density at radius 2 is 2.15 bits per heavy atom. The van der Waals surface area contributed by atoms with Crippen molar-refractivity contribution in [1.29, 1.82) is 0 Å². The number of nitrogens with one attached hydrogen (secondary N) is 1. The van der Waals surface area contributed by atoms with Crippen molar-refractivity contribution in [2.75, 3.05) is 25.1 Å². The van der Waals surface area contributed by atoms with E-state index in [1.54, 1.807) is 0 Å². The fraction of sp³-hybridized carbons (Fsp3) is 0.647. The molecule has 2 rings (SSSR count). The molecule has 0 saturated heterocycles. The largest absolute Gasteiger partial charge is 0.389 e. The van der Waals surface area contributed by atoms with Crippen LogP contribution in [0.4, 0.5) is 5.69 Å². The molecule has 1 unspecified atom stereocenters. The summed E-state index contributed by atoms with van der Waals surface area (Å²) in [4.78, 5) is 0. The number of rotatable bonds is 8. The third-order valence-corrected chi connectivity index (χ3v) is 3.88. The SMILES string of the molecule is CCCCOCC(O)CNc1cccc2c1CCCC2. The van der Waals surface area contributed by atoms with E-state index in [1.165, 1.54) is 36.1 Å². The minimum Gasteiger partial charge on any atom is -0.389 e. The zero-order valence-electron chi connectivity index (χ0n) is 12.5. The van der Waals surface area contributed by atoms with Crippen molar-refractivity contribution in [2.24, 2.45) is 0 Å². The van der Waals surface area contributed by atoms with Gasteiger partial charge in [0.25, 0.3) is 0 Å². The Labute approximate surface area is 122 Å². The predicted octanol–water partition coefficient (Wildman–Crippen LogP) is 3.15. The summed E-state index contributed by atoms with van der Waals surface area (Å²) in [6.07, 6.45) is 6.66. The van der Waals surface area contributed by atoms with Gasteiger partial charge in [-0.2, -0.15) is 0 Å². The molecule has 3 heteroatoms. The van der Waals surface area contributed by atoms with Crippen molar-refractivity contribution in [3.8, 4) is 0 Å². The summed E-state index contributed by atoms with van der Waals surface area (Å²) in [5.74, 6) is 0. The molecule has 0 radical (unpaired) electrons. The molecule has 1 aliphatic carbocycles. The molecule has 1 aliphatic rings. The first-order chi connectivity index (χ1) is 9.81. The first kappa shape index (κ1) is 15.3. The van der Waals surface area contributed by atoms with Crippen LogP contribution in [0.1, 0.15) is 43.7 Å². The zero-order valence-corrected chi connectivity index (χ0v) is 12.5. The molecule has 1 aromatic carbocycles. The van der Waals surface area contributed by atoms with Crippen LogP contribution in [-0.2, 0) is 17.6 Å². The lowest BCUT2D eigenvalue weighted by Gasteiger charge is -2.21. The Morgan fingerprint density at radius 1 is 1.30 bits per heavy atom. The van der Waals surface area contributed by atoms with E-state index >= 15 is 0 Å². The Hall–Kier alpha value is -1.06. The highest BCUT2D eigenvalue weighted by Gasteiger charge is 2.13. The molecule has 0 aromatic heterocycles. The highest BCUT2D eigenvalue weighted by Crippen LogP contribution is 2.27. The van der Waals surface area contributed by atoms with Gasteiger partial charge < -0.3 is 15.2 Å². The van der Waals surface area contributed by atoms with Gasteiger partial charge in [0, 0.05) is 18.8 Å². The quantitative estimate of drug-likeness (QED) is 0.717. The molecule has 0 fully saturated rings. The van der Waals surface area contributed by atoms with Crippen LogP contribution in [0.5, 0.6) is 0 Å². The van der Waals surface area contributed by atoms with E-state index in [0.717, 1.165) is 25.9 Å². The van der Waals surface area contributed by atoms with Crippen molar-refractivity contribution in [3.05, 3.63) is 29.3 Å². The van der Waals surface area contributed by atoms with Crippen LogP contribution in [0.25, 0.3) is 0 Å². The highest BCUT2D eigenvalue weighted by molar-refractivity contribution is 5.55. The summed E-state index contributed by atoms with van der Waals surface area (Å²) in [5, 5.41) is 13.3. The van der Waals surface area contributed by atoms with Crippen LogP contribution in [0.3, 0.4) is 0 Å². The third-order valence-electron chi connectivity index (χ3n) is 3.88. The average molecular weight is 277 g/mol. The predicted molar refractivity (Wildman–Crippen MR) is 83.3 cm³/mol. The molecule has 112 valence electrons. The lowest BCUT2D eigenvalue weighted by Crippen LogP contribution is -2.25. The molecule has 2 N–H and O–H groups in total. The molecular formula is C17H27NO2. The van der Waals surface area contributed by atoms with E-state index in [1.807, 2.05) is 0 Å². The number of hydrogen-bond donors (Lipinski definition) is 2. The average Bonchev–Trinajstić information content (AvgIpc) is 2.49. The standard InChI is InChI=1S/C17H27NO2/c1-2-3-11-20-13-15(19)12-18-17-10-6-8-14-7-4-5-9-16(14)17/h6,8,10,15,18-19H,2-5,7,9,11-13H2,1H3. The minimum atomic E-state index is -0.439. The normalized spacial score (nSPS) is 15.7. The summed E-state index contributed by atoms with van der Waals surface area (Å²) in [5.41, 5.74) is 4.10. The van der Waals surface area contributed by atoms with Crippen LogP contribution in [0.15, 0.2) is 18.2 Å². The summed E-state index contributed by atoms with van der Waals surface area (Å²) >= 11 is 0. The molecule has 0 saturated carbocycles. The van der Waals surface area contributed by atoms with E-state index in [0.29, 0.717) is 13.2 Å². The van der Waals surface area contributed by atoms with Crippen LogP contribution in [0, 0.1) is 0 Å². The molecule has 0 spiro atoms. The molecule has 1 atom stereocenters. The van der Waals surface area contributed by atoms with Crippen LogP contribution >= 0.6 is 0 Å². The first-order valence-electron chi connectivity index (χ1n) is 7.91. The van der Waals surface area contributed by atoms with Gasteiger partial charge >= 0.3 is 0 Å². The van der Waals surface area contributed by atoms with Gasteiger partial charge in [-0.15, -0.1) is 0 Å². The van der Waals surface area contributed by atoms with Gasteiger partial charge in [-0.05, 0) is 49.3 Å². The van der Waals surface area contributed by atoms with Crippen LogP contribution in [0.2, 0.25) is 0 Å². The second-order valence-electron chi connectivity index (χ2n) is 5.61. The van der Waals surface area contributed by atoms with E-state index in [4.69, 9.17) is 4.74 Å². The summed E-state index contributed by atoms with van der Waals surface area (Å²) < 4.78 is 5.45. The minimum absolute atomic E-state index is 0.419. The van der Waals surface area contributed by atoms with Crippen molar-refractivity contribution in [1.82, 2.24) is 0 Å². The number of benzene rings is 1. The molecule has 20 heavy (non-hydrogen) atoms. The fourth-order valence-electron chi connectivity index (χ4n) is 2.70. The number of fused-ring (bicyclic) bond motifs is 1. The zero-order chi connectivity index (χ0) is 14.2. The molecule has 0 amide bonds. The van der Waals surface area contributed by atoms with E-state index in [9.17, 15) is 5.11 Å². The molecule has 1 aromatic rings. The Balaban J connectivity index is 1.79. The van der Waals surface area contributed by atoms with Gasteiger partial charge in [0.2, 0.25) is 0 Å². The van der Waals surface area contributed by atoms with Crippen LogP contribution in [-0.4, -0.2) is 31.0 Å². The van der Waals surface area contributed by atoms with Crippen molar-refractivity contribution in [3.63, 3.8) is 0 Å². The Bertz CT molecular complexity index is 406. The van der Waals surface area contributed by atoms with E-state index in [2.05, 4.69) is 30.4 Å². The highest BCUT2D eigenvalue weighted by atomic mass is 16.5. The monoisotopic (exact) mass is 277 g/mol. The number of unbranched alkanes of at least 4 members (excludes halogenated alkanes) is 1. The molecule has 0 aliphatic heterocycles. The van der Waals surface area contributed by atoms with Gasteiger partial charge in [-0.3, -0.25) is 0 Å². The van der Waals surface area contributed by atoms with E-state index < -0.39 is 6.10 Å².